The van der Waals surface area contributed by atoms with Crippen LogP contribution in [0.25, 0.3) is 0 Å². The minimum Gasteiger partial charge on any atom is -0.493 e. The molecule has 0 bridgehead atoms. The van der Waals surface area contributed by atoms with E-state index in [1.54, 1.807) is 30.3 Å². The maximum atomic E-state index is 13.6. The molecule has 3 aromatic rings. The van der Waals surface area contributed by atoms with E-state index in [0.717, 1.165) is 15.6 Å². The Morgan fingerprint density at radius 3 is 2.17 bits per heavy atom. The fourth-order valence-corrected chi connectivity index (χ4v) is 4.91. The number of nitrogens with one attached hydrogen (secondary N) is 1. The molecular formula is C26H31N3O5S. The first-order valence-corrected chi connectivity index (χ1v) is 12.5. The van der Waals surface area contributed by atoms with Gasteiger partial charge in [-0.1, -0.05) is 35.9 Å². The Bertz CT molecular complexity index is 1230. The number of ether oxygens (including phenoxy) is 2. The molecule has 35 heavy (non-hydrogen) atoms. The van der Waals surface area contributed by atoms with E-state index in [1.807, 2.05) is 49.2 Å². The second-order valence-corrected chi connectivity index (χ2v) is 9.83. The van der Waals surface area contributed by atoms with Crippen LogP contribution in [0.2, 0.25) is 0 Å². The molecule has 0 saturated carbocycles. The molecule has 3 rings (SSSR count). The molecule has 0 aliphatic carbocycles. The van der Waals surface area contributed by atoms with Crippen molar-refractivity contribution in [1.82, 2.24) is 5.32 Å². The van der Waals surface area contributed by atoms with Crippen molar-refractivity contribution in [3.63, 3.8) is 0 Å². The fourth-order valence-electron chi connectivity index (χ4n) is 3.49. The van der Waals surface area contributed by atoms with Crippen molar-refractivity contribution in [2.45, 2.75) is 11.8 Å². The quantitative estimate of drug-likeness (QED) is 0.437. The zero-order chi connectivity index (χ0) is 25.4. The molecule has 0 aliphatic heterocycles. The van der Waals surface area contributed by atoms with Gasteiger partial charge in [-0.2, -0.15) is 0 Å². The molecule has 0 fully saturated rings. The number of hydrogen-bond donors (Lipinski definition) is 1. The number of nitrogens with zero attached hydrogens (tertiary/aromatic N) is 2. The summed E-state index contributed by atoms with van der Waals surface area (Å²) in [4.78, 5) is 15.0. The van der Waals surface area contributed by atoms with Crippen molar-refractivity contribution in [2.24, 2.45) is 0 Å². The molecule has 0 radical (unpaired) electrons. The number of sulfonamides is 1. The highest BCUT2D eigenvalue weighted by atomic mass is 32.2. The Labute approximate surface area is 207 Å². The number of para-hydroxylation sites is 1. The normalized spacial score (nSPS) is 11.0. The number of anilines is 2. The molecule has 0 saturated heterocycles. The molecule has 186 valence electrons. The van der Waals surface area contributed by atoms with E-state index in [2.05, 4.69) is 5.32 Å². The van der Waals surface area contributed by atoms with Crippen LogP contribution >= 0.6 is 0 Å². The van der Waals surface area contributed by atoms with Crippen molar-refractivity contribution >= 4 is 27.3 Å². The summed E-state index contributed by atoms with van der Waals surface area (Å²) in [5, 5.41) is 2.82. The van der Waals surface area contributed by atoms with Gasteiger partial charge in [-0.25, -0.2) is 8.42 Å². The average molecular weight is 498 g/mol. The predicted molar refractivity (Wildman–Crippen MR) is 138 cm³/mol. The summed E-state index contributed by atoms with van der Waals surface area (Å²) in [6.45, 7) is 2.41. The Balaban J connectivity index is 1.81. The number of aryl methyl sites for hydroxylation is 1. The molecule has 0 heterocycles. The molecule has 8 nitrogen and oxygen atoms in total. The summed E-state index contributed by atoms with van der Waals surface area (Å²) in [5.74, 6) is 0.397. The van der Waals surface area contributed by atoms with Crippen molar-refractivity contribution < 1.29 is 22.7 Å². The van der Waals surface area contributed by atoms with E-state index in [9.17, 15) is 13.2 Å². The van der Waals surface area contributed by atoms with Gasteiger partial charge in [-0.05, 0) is 43.3 Å². The highest BCUT2D eigenvalue weighted by Gasteiger charge is 2.28. The number of benzene rings is 3. The van der Waals surface area contributed by atoms with Gasteiger partial charge in [0.05, 0.1) is 24.8 Å². The highest BCUT2D eigenvalue weighted by Crippen LogP contribution is 2.33. The number of likely N-dealkylation sites (N-methyl/N-ethyl adjacent to an activating group) is 1. The predicted octanol–water partition coefficient (Wildman–Crippen LogP) is 3.46. The average Bonchev–Trinajstić information content (AvgIpc) is 2.87. The van der Waals surface area contributed by atoms with Gasteiger partial charge in [0, 0.05) is 31.9 Å². The fraction of sp³-hybridized carbons (Fsp3) is 0.269. The van der Waals surface area contributed by atoms with Gasteiger partial charge >= 0.3 is 0 Å². The Kier molecular flexibility index (Phi) is 8.59. The second-order valence-electron chi connectivity index (χ2n) is 7.97. The lowest BCUT2D eigenvalue weighted by molar-refractivity contribution is -0.119. The summed E-state index contributed by atoms with van der Waals surface area (Å²) in [7, 11) is 0.868. The summed E-state index contributed by atoms with van der Waals surface area (Å²) < 4.78 is 38.8. The lowest BCUT2D eigenvalue weighted by Gasteiger charge is -2.25. The van der Waals surface area contributed by atoms with Gasteiger partial charge in [0.25, 0.3) is 10.0 Å². The zero-order valence-corrected chi connectivity index (χ0v) is 21.2. The molecule has 0 spiro atoms. The van der Waals surface area contributed by atoms with Crippen LogP contribution in [0.3, 0.4) is 0 Å². The number of carbonyl (C=O) groups is 1. The van der Waals surface area contributed by atoms with Crippen LogP contribution in [0.15, 0.2) is 77.7 Å². The summed E-state index contributed by atoms with van der Waals surface area (Å²) in [6.07, 6.45) is 0. The van der Waals surface area contributed by atoms with E-state index in [-0.39, 0.29) is 11.4 Å². The molecule has 1 N–H and O–H groups in total. The van der Waals surface area contributed by atoms with Crippen molar-refractivity contribution in [2.75, 3.05) is 50.1 Å². The molecular weight excluding hydrogens is 466 g/mol. The summed E-state index contributed by atoms with van der Waals surface area (Å²) in [6, 6.07) is 21.0. The van der Waals surface area contributed by atoms with Crippen LogP contribution in [0.1, 0.15) is 5.56 Å². The smallest absolute Gasteiger partial charge is 0.264 e. The molecule has 0 unspecified atom stereocenters. The molecule has 0 aromatic heterocycles. The summed E-state index contributed by atoms with van der Waals surface area (Å²) >= 11 is 0. The third-order valence-corrected chi connectivity index (χ3v) is 7.31. The van der Waals surface area contributed by atoms with Gasteiger partial charge in [0.15, 0.2) is 11.5 Å². The van der Waals surface area contributed by atoms with E-state index in [0.29, 0.717) is 30.3 Å². The minimum absolute atomic E-state index is 0.0921. The van der Waals surface area contributed by atoms with Gasteiger partial charge in [-0.3, -0.25) is 9.10 Å². The van der Waals surface area contributed by atoms with Gasteiger partial charge < -0.3 is 19.7 Å². The number of hydrogen-bond acceptors (Lipinski definition) is 6. The number of rotatable bonds is 11. The zero-order valence-electron chi connectivity index (χ0n) is 20.4. The first-order chi connectivity index (χ1) is 16.8. The Hall–Kier alpha value is -3.72. The van der Waals surface area contributed by atoms with E-state index in [4.69, 9.17) is 9.47 Å². The lowest BCUT2D eigenvalue weighted by atomic mass is 10.2. The van der Waals surface area contributed by atoms with Crippen molar-refractivity contribution in [1.29, 1.82) is 0 Å². The van der Waals surface area contributed by atoms with Gasteiger partial charge in [0.2, 0.25) is 5.91 Å². The standard InChI is InChI=1S/C26H31N3O5S/c1-20-10-13-23(14-11-20)35(31,32)29(22-12-15-24(33-3)25(18-22)34-4)19-26(30)27-16-17-28(2)21-8-6-5-7-9-21/h5-15,18H,16-17,19H2,1-4H3,(H,27,30). The number of amides is 1. The molecule has 1 amide bonds. The SMILES string of the molecule is COc1ccc(N(CC(=O)NCCN(C)c2ccccc2)S(=O)(=O)c2ccc(C)cc2)cc1OC. The lowest BCUT2D eigenvalue weighted by Crippen LogP contribution is -2.42. The number of methoxy groups -OCH3 is 2. The Morgan fingerprint density at radius 1 is 0.886 bits per heavy atom. The molecule has 0 atom stereocenters. The molecule has 3 aromatic carbocycles. The van der Waals surface area contributed by atoms with E-state index in [1.165, 1.54) is 26.4 Å². The van der Waals surface area contributed by atoms with Gasteiger partial charge in [0.1, 0.15) is 6.54 Å². The monoisotopic (exact) mass is 497 g/mol. The van der Waals surface area contributed by atoms with Crippen LogP contribution < -0.4 is 24.0 Å². The van der Waals surface area contributed by atoms with E-state index < -0.39 is 15.9 Å². The van der Waals surface area contributed by atoms with Crippen LogP contribution in [0.4, 0.5) is 11.4 Å². The van der Waals surface area contributed by atoms with Crippen molar-refractivity contribution in [3.05, 3.63) is 78.4 Å². The van der Waals surface area contributed by atoms with Gasteiger partial charge in [-0.15, -0.1) is 0 Å². The second kappa shape index (κ2) is 11.6. The topological polar surface area (TPSA) is 88.2 Å². The molecule has 9 heteroatoms. The first-order valence-electron chi connectivity index (χ1n) is 11.1. The third-order valence-electron chi connectivity index (χ3n) is 5.52. The highest BCUT2D eigenvalue weighted by molar-refractivity contribution is 7.92. The Morgan fingerprint density at radius 2 is 1.54 bits per heavy atom. The van der Waals surface area contributed by atoms with Crippen LogP contribution in [0.5, 0.6) is 11.5 Å². The maximum absolute atomic E-state index is 13.6. The van der Waals surface area contributed by atoms with Crippen LogP contribution in [-0.2, 0) is 14.8 Å². The number of carbonyl (C=O) groups excluding carboxylic acids is 1. The first kappa shape index (κ1) is 25.9. The minimum atomic E-state index is -4.03. The van der Waals surface area contributed by atoms with Crippen LogP contribution in [0, 0.1) is 6.92 Å². The maximum Gasteiger partial charge on any atom is 0.264 e. The third kappa shape index (κ3) is 6.45. The summed E-state index contributed by atoms with van der Waals surface area (Å²) in [5.41, 5.74) is 2.25. The largest absolute Gasteiger partial charge is 0.493 e. The van der Waals surface area contributed by atoms with Crippen molar-refractivity contribution in [3.8, 4) is 11.5 Å². The molecule has 0 aliphatic rings. The van der Waals surface area contributed by atoms with Crippen LogP contribution in [-0.4, -0.2) is 55.2 Å². The van der Waals surface area contributed by atoms with E-state index >= 15 is 0 Å².